The Balaban J connectivity index is 1.74. The van der Waals surface area contributed by atoms with E-state index >= 15 is 0 Å². The van der Waals surface area contributed by atoms with Crippen molar-refractivity contribution in [1.29, 1.82) is 0 Å². The van der Waals surface area contributed by atoms with Crippen molar-refractivity contribution in [3.8, 4) is 5.82 Å². The topological polar surface area (TPSA) is 92.1 Å². The summed E-state index contributed by atoms with van der Waals surface area (Å²) in [6.07, 6.45) is 8.08. The maximum atomic E-state index is 12.3. The second-order valence-electron chi connectivity index (χ2n) is 5.53. The molecule has 2 atom stereocenters. The minimum atomic E-state index is -0.485. The van der Waals surface area contributed by atoms with E-state index in [0.717, 1.165) is 30.2 Å². The predicted octanol–water partition coefficient (Wildman–Crippen LogP) is 2.45. The van der Waals surface area contributed by atoms with Crippen molar-refractivity contribution >= 4 is 27.6 Å². The van der Waals surface area contributed by atoms with Gasteiger partial charge in [0.15, 0.2) is 5.82 Å². The maximum absolute atomic E-state index is 12.3. The van der Waals surface area contributed by atoms with Gasteiger partial charge in [0, 0.05) is 23.1 Å². The van der Waals surface area contributed by atoms with Crippen LogP contribution in [0, 0.1) is 0 Å². The van der Waals surface area contributed by atoms with E-state index in [1.807, 2.05) is 0 Å². The zero-order valence-corrected chi connectivity index (χ0v) is 14.0. The quantitative estimate of drug-likeness (QED) is 0.763. The number of carbonyl (C=O) groups excluding carboxylic acids is 1. The number of carbonyl (C=O) groups is 1. The zero-order valence-electron chi connectivity index (χ0n) is 12.4. The average Bonchev–Trinajstić information content (AvgIpc) is 3.04. The number of halogens is 1. The Hall–Kier alpha value is -1.93. The molecule has 2 aromatic rings. The third-order valence-corrected chi connectivity index (χ3v) is 4.28. The fourth-order valence-corrected chi connectivity index (χ4v) is 3.04. The number of amides is 2. The summed E-state index contributed by atoms with van der Waals surface area (Å²) in [4.78, 5) is 16.6. The third kappa shape index (κ3) is 3.89. The van der Waals surface area contributed by atoms with E-state index in [-0.39, 0.29) is 12.1 Å². The van der Waals surface area contributed by atoms with Gasteiger partial charge in [-0.25, -0.2) is 14.5 Å². The molecule has 0 radical (unpaired) electrons. The molecule has 2 aromatic heterocycles. The van der Waals surface area contributed by atoms with Gasteiger partial charge in [-0.3, -0.25) is 0 Å². The molecule has 0 aliphatic heterocycles. The van der Waals surface area contributed by atoms with Crippen molar-refractivity contribution in [1.82, 2.24) is 20.1 Å². The Bertz CT molecular complexity index is 677. The van der Waals surface area contributed by atoms with Crippen molar-refractivity contribution < 1.29 is 9.90 Å². The standard InChI is InChI=1S/C15H18BrN5O2/c16-10-8-12(14(17-9-10)21-7-3-6-18-21)20-15(23)19-11-4-1-2-5-13(11)22/h3,6-9,11,13,22H,1-2,4-5H2,(H2,19,20,23)/t11-,13+/m1/s1. The first-order valence-electron chi connectivity index (χ1n) is 7.54. The molecule has 0 spiro atoms. The number of aromatic nitrogens is 3. The lowest BCUT2D eigenvalue weighted by atomic mass is 9.93. The number of urea groups is 1. The number of hydrogen-bond donors (Lipinski definition) is 3. The van der Waals surface area contributed by atoms with Crippen LogP contribution >= 0.6 is 15.9 Å². The highest BCUT2D eigenvalue weighted by molar-refractivity contribution is 9.10. The molecular weight excluding hydrogens is 362 g/mol. The van der Waals surface area contributed by atoms with Crippen LogP contribution in [0.3, 0.4) is 0 Å². The molecule has 1 aliphatic rings. The molecule has 2 heterocycles. The maximum Gasteiger partial charge on any atom is 0.319 e. The summed E-state index contributed by atoms with van der Waals surface area (Å²) in [6, 6.07) is 2.98. The van der Waals surface area contributed by atoms with Gasteiger partial charge in [0.25, 0.3) is 0 Å². The van der Waals surface area contributed by atoms with E-state index < -0.39 is 6.10 Å². The number of rotatable bonds is 3. The van der Waals surface area contributed by atoms with Crippen LogP contribution in [0.1, 0.15) is 25.7 Å². The van der Waals surface area contributed by atoms with E-state index in [2.05, 4.69) is 36.6 Å². The first kappa shape index (κ1) is 15.9. The van der Waals surface area contributed by atoms with Gasteiger partial charge >= 0.3 is 6.03 Å². The van der Waals surface area contributed by atoms with Gasteiger partial charge in [0.05, 0.1) is 17.8 Å². The molecular formula is C15H18BrN5O2. The zero-order chi connectivity index (χ0) is 16.2. The second-order valence-corrected chi connectivity index (χ2v) is 6.45. The van der Waals surface area contributed by atoms with Crippen LogP contribution in [0.4, 0.5) is 10.5 Å². The monoisotopic (exact) mass is 379 g/mol. The van der Waals surface area contributed by atoms with Crippen molar-refractivity contribution in [2.75, 3.05) is 5.32 Å². The Morgan fingerprint density at radius 1 is 1.39 bits per heavy atom. The first-order chi connectivity index (χ1) is 11.1. The molecule has 122 valence electrons. The van der Waals surface area contributed by atoms with Crippen molar-refractivity contribution in [2.45, 2.75) is 37.8 Å². The Kier molecular flexibility index (Phi) is 4.92. The number of pyridine rings is 1. The third-order valence-electron chi connectivity index (χ3n) is 3.85. The van der Waals surface area contributed by atoms with Crippen LogP contribution in [0.5, 0.6) is 0 Å². The molecule has 3 rings (SSSR count). The van der Waals surface area contributed by atoms with E-state index in [4.69, 9.17) is 0 Å². The summed E-state index contributed by atoms with van der Waals surface area (Å²) < 4.78 is 2.33. The fraction of sp³-hybridized carbons (Fsp3) is 0.400. The van der Waals surface area contributed by atoms with Crippen molar-refractivity contribution in [2.24, 2.45) is 0 Å². The molecule has 8 heteroatoms. The molecule has 1 fully saturated rings. The van der Waals surface area contributed by atoms with Crippen LogP contribution in [-0.2, 0) is 0 Å². The lowest BCUT2D eigenvalue weighted by Crippen LogP contribution is -2.46. The van der Waals surface area contributed by atoms with Crippen molar-refractivity contribution in [3.63, 3.8) is 0 Å². The normalized spacial score (nSPS) is 21.0. The molecule has 1 aliphatic carbocycles. The van der Waals surface area contributed by atoms with E-state index in [9.17, 15) is 9.90 Å². The minimum Gasteiger partial charge on any atom is -0.391 e. The van der Waals surface area contributed by atoms with E-state index in [1.165, 1.54) is 0 Å². The van der Waals surface area contributed by atoms with Gasteiger partial charge in [-0.05, 0) is 40.9 Å². The van der Waals surface area contributed by atoms with Gasteiger partial charge in [0.1, 0.15) is 0 Å². The highest BCUT2D eigenvalue weighted by Gasteiger charge is 2.24. The summed E-state index contributed by atoms with van der Waals surface area (Å²) >= 11 is 3.35. The number of aliphatic hydroxyl groups is 1. The van der Waals surface area contributed by atoms with Crippen LogP contribution in [-0.4, -0.2) is 38.0 Å². The summed E-state index contributed by atoms with van der Waals surface area (Å²) in [7, 11) is 0. The van der Waals surface area contributed by atoms with Gasteiger partial charge in [0.2, 0.25) is 0 Å². The first-order valence-corrected chi connectivity index (χ1v) is 8.34. The second kappa shape index (κ2) is 7.10. The lowest BCUT2D eigenvalue weighted by molar-refractivity contribution is 0.0955. The van der Waals surface area contributed by atoms with Crippen LogP contribution in [0.2, 0.25) is 0 Å². The van der Waals surface area contributed by atoms with Gasteiger partial charge in [-0.2, -0.15) is 5.10 Å². The van der Waals surface area contributed by atoms with Gasteiger partial charge in [-0.1, -0.05) is 12.8 Å². The SMILES string of the molecule is O=C(Nc1cc(Br)cnc1-n1cccn1)N[C@@H]1CCCC[C@@H]1O. The number of nitrogens with one attached hydrogen (secondary N) is 2. The summed E-state index contributed by atoms with van der Waals surface area (Å²) in [5.74, 6) is 0.526. The van der Waals surface area contributed by atoms with Gasteiger partial charge in [-0.15, -0.1) is 0 Å². The highest BCUT2D eigenvalue weighted by atomic mass is 79.9. The van der Waals surface area contributed by atoms with Crippen LogP contribution in [0.25, 0.3) is 5.82 Å². The predicted molar refractivity (Wildman–Crippen MR) is 89.5 cm³/mol. The molecule has 1 saturated carbocycles. The Morgan fingerprint density at radius 3 is 2.96 bits per heavy atom. The molecule has 2 amide bonds. The summed E-state index contributed by atoms with van der Waals surface area (Å²) in [5, 5.41) is 19.7. The number of aliphatic hydroxyl groups excluding tert-OH is 1. The molecule has 0 aromatic carbocycles. The summed E-state index contributed by atoms with van der Waals surface area (Å²) in [5.41, 5.74) is 0.533. The average molecular weight is 380 g/mol. The largest absolute Gasteiger partial charge is 0.391 e. The molecule has 0 bridgehead atoms. The lowest BCUT2D eigenvalue weighted by Gasteiger charge is -2.28. The molecule has 3 N–H and O–H groups in total. The smallest absolute Gasteiger partial charge is 0.319 e. The Labute approximate surface area is 142 Å². The molecule has 0 unspecified atom stereocenters. The van der Waals surface area contributed by atoms with Crippen molar-refractivity contribution in [3.05, 3.63) is 35.2 Å². The van der Waals surface area contributed by atoms with Crippen LogP contribution < -0.4 is 10.6 Å². The van der Waals surface area contributed by atoms with Gasteiger partial charge < -0.3 is 15.7 Å². The molecule has 7 nitrogen and oxygen atoms in total. The number of nitrogens with zero attached hydrogens (tertiary/aromatic N) is 3. The van der Waals surface area contributed by atoms with E-state index in [0.29, 0.717) is 11.5 Å². The molecule has 0 saturated heterocycles. The minimum absolute atomic E-state index is 0.211. The fourth-order valence-electron chi connectivity index (χ4n) is 2.71. The summed E-state index contributed by atoms with van der Waals surface area (Å²) in [6.45, 7) is 0. The number of anilines is 1. The highest BCUT2D eigenvalue weighted by Crippen LogP contribution is 2.22. The Morgan fingerprint density at radius 2 is 2.22 bits per heavy atom. The van der Waals surface area contributed by atoms with E-state index in [1.54, 1.807) is 35.4 Å². The van der Waals surface area contributed by atoms with Crippen LogP contribution in [0.15, 0.2) is 35.2 Å². The number of hydrogen-bond acceptors (Lipinski definition) is 4. The molecule has 23 heavy (non-hydrogen) atoms.